The third-order valence-corrected chi connectivity index (χ3v) is 2.71. The first-order valence-electron chi connectivity index (χ1n) is 4.83. The quantitative estimate of drug-likeness (QED) is 0.647. The van der Waals surface area contributed by atoms with Crippen LogP contribution in [0.2, 0.25) is 0 Å². The van der Waals surface area contributed by atoms with Crippen LogP contribution in [0.15, 0.2) is 0 Å². The lowest BCUT2D eigenvalue weighted by Crippen LogP contribution is -2.26. The molecule has 0 aliphatic heterocycles. The summed E-state index contributed by atoms with van der Waals surface area (Å²) in [5, 5.41) is 0. The second-order valence-electron chi connectivity index (χ2n) is 3.68. The van der Waals surface area contributed by atoms with Crippen LogP contribution < -0.4 is 0 Å². The molecule has 0 N–H and O–H groups in total. The minimum atomic E-state index is 0.415. The van der Waals surface area contributed by atoms with E-state index in [1.165, 1.54) is 0 Å². The van der Waals surface area contributed by atoms with E-state index >= 15 is 0 Å². The number of ether oxygens (including phenoxy) is 1. The minimum Gasteiger partial charge on any atom is -0.381 e. The van der Waals surface area contributed by atoms with Gasteiger partial charge in [0.25, 0.3) is 0 Å². The first-order valence-corrected chi connectivity index (χ1v) is 4.83. The van der Waals surface area contributed by atoms with E-state index in [9.17, 15) is 4.79 Å². The average Bonchev–Trinajstić information content (AvgIpc) is 2.07. The zero-order valence-corrected chi connectivity index (χ0v) is 8.01. The van der Waals surface area contributed by atoms with Crippen molar-refractivity contribution in [3.05, 3.63) is 0 Å². The summed E-state index contributed by atoms with van der Waals surface area (Å²) < 4.78 is 5.34. The maximum Gasteiger partial charge on any atom is 0.133 e. The van der Waals surface area contributed by atoms with Gasteiger partial charge in [-0.3, -0.25) is 4.79 Å². The highest BCUT2D eigenvalue weighted by molar-refractivity contribution is 5.79. The van der Waals surface area contributed by atoms with Gasteiger partial charge in [-0.15, -0.1) is 0 Å². The van der Waals surface area contributed by atoms with Gasteiger partial charge in [-0.25, -0.2) is 0 Å². The van der Waals surface area contributed by atoms with Gasteiger partial charge in [0.15, 0.2) is 0 Å². The van der Waals surface area contributed by atoms with E-state index in [0.717, 1.165) is 32.5 Å². The highest BCUT2D eigenvalue weighted by atomic mass is 16.5. The van der Waals surface area contributed by atoms with Gasteiger partial charge in [0.05, 0.1) is 6.61 Å². The van der Waals surface area contributed by atoms with E-state index in [0.29, 0.717) is 17.6 Å². The van der Waals surface area contributed by atoms with Crippen LogP contribution in [0.4, 0.5) is 0 Å². The van der Waals surface area contributed by atoms with Crippen molar-refractivity contribution in [2.24, 2.45) is 11.8 Å². The molecule has 1 saturated carbocycles. The van der Waals surface area contributed by atoms with Crippen LogP contribution in [0, 0.1) is 11.8 Å². The van der Waals surface area contributed by atoms with Crippen molar-refractivity contribution >= 4 is 5.78 Å². The lowest BCUT2D eigenvalue weighted by Gasteiger charge is -2.27. The largest absolute Gasteiger partial charge is 0.381 e. The van der Waals surface area contributed by atoms with Gasteiger partial charge in [0.1, 0.15) is 5.78 Å². The number of Topliss-reactive ketones (excluding diaryl/α,β-unsaturated/α-hetero) is 1. The van der Waals surface area contributed by atoms with Gasteiger partial charge < -0.3 is 4.74 Å². The maximum atomic E-state index is 11.1. The number of rotatable bonds is 3. The summed E-state index contributed by atoms with van der Waals surface area (Å²) in [5.74, 6) is 1.55. The molecule has 0 heterocycles. The summed E-state index contributed by atoms with van der Waals surface area (Å²) in [6.07, 6.45) is 2.57. The van der Waals surface area contributed by atoms with E-state index in [2.05, 4.69) is 6.92 Å². The molecule has 0 saturated heterocycles. The summed E-state index contributed by atoms with van der Waals surface area (Å²) in [4.78, 5) is 11.1. The molecule has 0 amide bonds. The van der Waals surface area contributed by atoms with Crippen LogP contribution >= 0.6 is 0 Å². The average molecular weight is 170 g/mol. The number of ketones is 1. The van der Waals surface area contributed by atoms with E-state index in [1.54, 1.807) is 0 Å². The smallest absolute Gasteiger partial charge is 0.133 e. The van der Waals surface area contributed by atoms with E-state index < -0.39 is 0 Å². The molecule has 0 spiro atoms. The molecular weight excluding hydrogens is 152 g/mol. The van der Waals surface area contributed by atoms with Crippen molar-refractivity contribution in [2.75, 3.05) is 13.2 Å². The van der Waals surface area contributed by atoms with Crippen LogP contribution in [0.5, 0.6) is 0 Å². The van der Waals surface area contributed by atoms with Gasteiger partial charge in [0, 0.05) is 19.4 Å². The van der Waals surface area contributed by atoms with E-state index in [4.69, 9.17) is 4.74 Å². The second-order valence-corrected chi connectivity index (χ2v) is 3.68. The maximum absolute atomic E-state index is 11.1. The first kappa shape index (κ1) is 9.72. The Labute approximate surface area is 74.3 Å². The zero-order chi connectivity index (χ0) is 8.97. The molecule has 1 aliphatic carbocycles. The Morgan fingerprint density at radius 3 is 3.00 bits per heavy atom. The van der Waals surface area contributed by atoms with Gasteiger partial charge in [0.2, 0.25) is 0 Å². The molecule has 2 nitrogen and oxygen atoms in total. The molecule has 70 valence electrons. The van der Waals surface area contributed by atoms with Crippen LogP contribution in [0.3, 0.4) is 0 Å². The molecule has 1 rings (SSSR count). The zero-order valence-electron chi connectivity index (χ0n) is 8.01. The SMILES string of the molecule is CCOCC1CC(=O)CCC1C. The van der Waals surface area contributed by atoms with Crippen molar-refractivity contribution in [3.8, 4) is 0 Å². The lowest BCUT2D eigenvalue weighted by molar-refractivity contribution is -0.123. The third kappa shape index (κ3) is 2.59. The Morgan fingerprint density at radius 1 is 1.58 bits per heavy atom. The fourth-order valence-electron chi connectivity index (χ4n) is 1.71. The van der Waals surface area contributed by atoms with Gasteiger partial charge >= 0.3 is 0 Å². The van der Waals surface area contributed by atoms with Gasteiger partial charge in [-0.2, -0.15) is 0 Å². The topological polar surface area (TPSA) is 26.3 Å². The van der Waals surface area contributed by atoms with Crippen LogP contribution in [0.1, 0.15) is 33.1 Å². The monoisotopic (exact) mass is 170 g/mol. The molecule has 0 aromatic rings. The number of hydrogen-bond acceptors (Lipinski definition) is 2. The lowest BCUT2D eigenvalue weighted by atomic mass is 9.80. The van der Waals surface area contributed by atoms with Crippen LogP contribution in [-0.2, 0) is 9.53 Å². The molecular formula is C10H18O2. The molecule has 12 heavy (non-hydrogen) atoms. The normalized spacial score (nSPS) is 30.7. The molecule has 1 aliphatic rings. The third-order valence-electron chi connectivity index (χ3n) is 2.71. The Morgan fingerprint density at radius 2 is 2.33 bits per heavy atom. The van der Waals surface area contributed by atoms with Gasteiger partial charge in [-0.05, 0) is 25.2 Å². The Kier molecular flexibility index (Phi) is 3.73. The summed E-state index contributed by atoms with van der Waals surface area (Å²) in [7, 11) is 0. The van der Waals surface area contributed by atoms with E-state index in [1.807, 2.05) is 6.92 Å². The van der Waals surface area contributed by atoms with Crippen LogP contribution in [0.25, 0.3) is 0 Å². The Hall–Kier alpha value is -0.370. The molecule has 0 aromatic carbocycles. The molecule has 0 aromatic heterocycles. The van der Waals surface area contributed by atoms with Crippen LogP contribution in [-0.4, -0.2) is 19.0 Å². The summed E-state index contributed by atoms with van der Waals surface area (Å²) in [5.41, 5.74) is 0. The van der Waals surface area contributed by atoms with Crippen molar-refractivity contribution < 1.29 is 9.53 Å². The summed E-state index contributed by atoms with van der Waals surface area (Å²) in [6, 6.07) is 0. The summed E-state index contributed by atoms with van der Waals surface area (Å²) >= 11 is 0. The predicted molar refractivity (Wildman–Crippen MR) is 48.0 cm³/mol. The van der Waals surface area contributed by atoms with Gasteiger partial charge in [-0.1, -0.05) is 6.92 Å². The standard InChI is InChI=1S/C10H18O2/c1-3-12-7-9-6-10(11)5-4-8(9)2/h8-9H,3-7H2,1-2H3. The van der Waals surface area contributed by atoms with E-state index in [-0.39, 0.29) is 0 Å². The van der Waals surface area contributed by atoms with Crippen molar-refractivity contribution in [1.82, 2.24) is 0 Å². The minimum absolute atomic E-state index is 0.415. The summed E-state index contributed by atoms with van der Waals surface area (Å²) in [6.45, 7) is 5.74. The molecule has 2 heteroatoms. The molecule has 0 bridgehead atoms. The number of hydrogen-bond donors (Lipinski definition) is 0. The number of carbonyl (C=O) groups excluding carboxylic acids is 1. The fourth-order valence-corrected chi connectivity index (χ4v) is 1.71. The fraction of sp³-hybridized carbons (Fsp3) is 0.900. The highest BCUT2D eigenvalue weighted by Gasteiger charge is 2.25. The second kappa shape index (κ2) is 4.61. The number of carbonyl (C=O) groups is 1. The Balaban J connectivity index is 2.33. The van der Waals surface area contributed by atoms with Crippen molar-refractivity contribution in [1.29, 1.82) is 0 Å². The molecule has 0 radical (unpaired) electrons. The first-order chi connectivity index (χ1) is 5.74. The predicted octanol–water partition coefficient (Wildman–Crippen LogP) is 2.03. The molecule has 1 fully saturated rings. The van der Waals surface area contributed by atoms with Crippen molar-refractivity contribution in [3.63, 3.8) is 0 Å². The molecule has 2 atom stereocenters. The van der Waals surface area contributed by atoms with Crippen molar-refractivity contribution in [2.45, 2.75) is 33.1 Å². The molecule has 2 unspecified atom stereocenters. The highest BCUT2D eigenvalue weighted by Crippen LogP contribution is 2.27. The Bertz CT molecular complexity index is 154.